The third-order valence-electron chi connectivity index (χ3n) is 4.69. The Bertz CT molecular complexity index is 833. The largest absolute Gasteiger partial charge is 0.435 e. The first-order valence-electron chi connectivity index (χ1n) is 9.43. The molecule has 8 heteroatoms. The van der Waals surface area contributed by atoms with Crippen LogP contribution in [0.2, 0.25) is 0 Å². The molecule has 2 aromatic rings. The second kappa shape index (κ2) is 9.86. The van der Waals surface area contributed by atoms with Gasteiger partial charge in [-0.1, -0.05) is 30.3 Å². The number of anilines is 1. The van der Waals surface area contributed by atoms with Gasteiger partial charge >= 0.3 is 12.6 Å². The van der Waals surface area contributed by atoms with Crippen LogP contribution in [-0.4, -0.2) is 36.5 Å². The topological polar surface area (TPSA) is 70.7 Å². The maximum Gasteiger partial charge on any atom is 0.387 e. The number of ether oxygens (including phenoxy) is 1. The number of piperidine rings is 1. The number of nitrogens with zero attached hydrogens (tertiary/aromatic N) is 1. The lowest BCUT2D eigenvalue weighted by atomic mass is 9.97. The van der Waals surface area contributed by atoms with E-state index in [4.69, 9.17) is 0 Å². The zero-order valence-corrected chi connectivity index (χ0v) is 15.8. The highest BCUT2D eigenvalue weighted by atomic mass is 19.3. The van der Waals surface area contributed by atoms with E-state index in [1.54, 1.807) is 17.0 Å². The Hall–Kier alpha value is -3.16. The van der Waals surface area contributed by atoms with E-state index in [1.165, 1.54) is 12.1 Å². The molecule has 3 amide bonds. The molecule has 2 aromatic carbocycles. The van der Waals surface area contributed by atoms with E-state index in [1.807, 2.05) is 30.3 Å². The van der Waals surface area contributed by atoms with Crippen LogP contribution in [0.3, 0.4) is 0 Å². The molecule has 3 rings (SSSR count). The van der Waals surface area contributed by atoms with Gasteiger partial charge in [-0.3, -0.25) is 4.79 Å². The maximum absolute atomic E-state index is 12.5. The van der Waals surface area contributed by atoms with E-state index < -0.39 is 6.61 Å². The number of benzene rings is 2. The molecule has 0 radical (unpaired) electrons. The molecule has 0 bridgehead atoms. The highest BCUT2D eigenvalue weighted by molar-refractivity contribution is 5.93. The molecule has 29 heavy (non-hydrogen) atoms. The van der Waals surface area contributed by atoms with Crippen LogP contribution in [-0.2, 0) is 11.3 Å². The normalized spacial score (nSPS) is 16.4. The number of alkyl halides is 2. The molecule has 1 saturated heterocycles. The molecule has 1 atom stereocenters. The first kappa shape index (κ1) is 20.6. The molecule has 1 fully saturated rings. The number of halogens is 2. The Morgan fingerprint density at radius 3 is 2.69 bits per heavy atom. The Morgan fingerprint density at radius 1 is 1.14 bits per heavy atom. The summed E-state index contributed by atoms with van der Waals surface area (Å²) < 4.78 is 29.0. The second-order valence-electron chi connectivity index (χ2n) is 6.83. The fourth-order valence-electron chi connectivity index (χ4n) is 3.26. The molecular weight excluding hydrogens is 380 g/mol. The lowest BCUT2D eigenvalue weighted by Gasteiger charge is -2.32. The van der Waals surface area contributed by atoms with Crippen molar-refractivity contribution in [1.29, 1.82) is 0 Å². The van der Waals surface area contributed by atoms with Gasteiger partial charge in [-0.05, 0) is 42.7 Å². The summed E-state index contributed by atoms with van der Waals surface area (Å²) in [5.74, 6) is -0.342. The van der Waals surface area contributed by atoms with E-state index in [0.717, 1.165) is 18.5 Å². The summed E-state index contributed by atoms with van der Waals surface area (Å²) in [5.41, 5.74) is 1.37. The van der Waals surface area contributed by atoms with Crippen molar-refractivity contribution in [3.63, 3.8) is 0 Å². The van der Waals surface area contributed by atoms with Gasteiger partial charge in [-0.2, -0.15) is 8.78 Å². The average molecular weight is 403 g/mol. The van der Waals surface area contributed by atoms with Gasteiger partial charge in [-0.25, -0.2) is 4.79 Å². The van der Waals surface area contributed by atoms with Crippen molar-refractivity contribution in [1.82, 2.24) is 10.2 Å². The summed E-state index contributed by atoms with van der Waals surface area (Å²) in [4.78, 5) is 26.6. The maximum atomic E-state index is 12.5. The standard InChI is InChI=1S/C21H23F2N3O3/c22-20(23)29-18-10-4-6-15(12-18)13-24-21(28)26-11-5-7-16(14-26)19(27)25-17-8-2-1-3-9-17/h1-4,6,8-10,12,16,20H,5,7,11,13-14H2,(H,24,28)(H,25,27). The molecule has 0 spiro atoms. The first-order chi connectivity index (χ1) is 14.0. The zero-order valence-electron chi connectivity index (χ0n) is 15.8. The first-order valence-corrected chi connectivity index (χ1v) is 9.43. The lowest BCUT2D eigenvalue weighted by molar-refractivity contribution is -0.121. The second-order valence-corrected chi connectivity index (χ2v) is 6.83. The predicted octanol–water partition coefficient (Wildman–Crippen LogP) is 3.85. The molecule has 1 unspecified atom stereocenters. The fourth-order valence-corrected chi connectivity index (χ4v) is 3.26. The summed E-state index contributed by atoms with van der Waals surface area (Å²) in [7, 11) is 0. The van der Waals surface area contributed by atoms with Gasteiger partial charge in [0.05, 0.1) is 5.92 Å². The van der Waals surface area contributed by atoms with Crippen LogP contribution in [0.4, 0.5) is 19.3 Å². The minimum absolute atomic E-state index is 0.0439. The number of carbonyl (C=O) groups excluding carboxylic acids is 2. The van der Waals surface area contributed by atoms with Gasteiger partial charge in [0, 0.05) is 25.3 Å². The monoisotopic (exact) mass is 403 g/mol. The number of hydrogen-bond acceptors (Lipinski definition) is 3. The zero-order chi connectivity index (χ0) is 20.6. The third kappa shape index (κ3) is 6.17. The van der Waals surface area contributed by atoms with Crippen LogP contribution in [0.5, 0.6) is 5.75 Å². The molecule has 0 aliphatic carbocycles. The molecule has 154 valence electrons. The molecule has 0 saturated carbocycles. The molecule has 0 aromatic heterocycles. The highest BCUT2D eigenvalue weighted by Crippen LogP contribution is 2.19. The summed E-state index contributed by atoms with van der Waals surface area (Å²) in [6.07, 6.45) is 1.45. The van der Waals surface area contributed by atoms with E-state index in [-0.39, 0.29) is 30.2 Å². The smallest absolute Gasteiger partial charge is 0.387 e. The Morgan fingerprint density at radius 2 is 1.93 bits per heavy atom. The number of hydrogen-bond donors (Lipinski definition) is 2. The Labute approximate surface area is 167 Å². The minimum atomic E-state index is -2.90. The molecule has 1 heterocycles. The van der Waals surface area contributed by atoms with Gasteiger partial charge in [0.15, 0.2) is 0 Å². The summed E-state index contributed by atoms with van der Waals surface area (Å²) in [6, 6.07) is 15.1. The summed E-state index contributed by atoms with van der Waals surface area (Å²) in [6.45, 7) is -1.82. The van der Waals surface area contributed by atoms with Crippen LogP contribution in [0, 0.1) is 5.92 Å². The number of rotatable bonds is 6. The number of para-hydroxylation sites is 1. The van der Waals surface area contributed by atoms with Crippen molar-refractivity contribution in [3.8, 4) is 5.75 Å². The Kier molecular flexibility index (Phi) is 6.99. The number of nitrogens with one attached hydrogen (secondary N) is 2. The van der Waals surface area contributed by atoms with Crippen LogP contribution >= 0.6 is 0 Å². The van der Waals surface area contributed by atoms with E-state index in [0.29, 0.717) is 18.7 Å². The van der Waals surface area contributed by atoms with Crippen LogP contribution < -0.4 is 15.4 Å². The SMILES string of the molecule is O=C(Nc1ccccc1)C1CCCN(C(=O)NCc2cccc(OC(F)F)c2)C1. The van der Waals surface area contributed by atoms with Crippen molar-refractivity contribution < 1.29 is 23.1 Å². The van der Waals surface area contributed by atoms with E-state index in [2.05, 4.69) is 15.4 Å². The van der Waals surface area contributed by atoms with Crippen molar-refractivity contribution in [2.45, 2.75) is 26.0 Å². The van der Waals surface area contributed by atoms with Crippen LogP contribution in [0.1, 0.15) is 18.4 Å². The van der Waals surface area contributed by atoms with Crippen molar-refractivity contribution in [3.05, 3.63) is 60.2 Å². The van der Waals surface area contributed by atoms with E-state index >= 15 is 0 Å². The quantitative estimate of drug-likeness (QED) is 0.770. The van der Waals surface area contributed by atoms with Gasteiger partial charge < -0.3 is 20.3 Å². The fraction of sp³-hybridized carbons (Fsp3) is 0.333. The summed E-state index contributed by atoms with van der Waals surface area (Å²) >= 11 is 0. The number of likely N-dealkylation sites (tertiary alicyclic amines) is 1. The highest BCUT2D eigenvalue weighted by Gasteiger charge is 2.28. The van der Waals surface area contributed by atoms with Gasteiger partial charge in [0.2, 0.25) is 5.91 Å². The van der Waals surface area contributed by atoms with Gasteiger partial charge in [0.25, 0.3) is 0 Å². The number of urea groups is 1. The van der Waals surface area contributed by atoms with Gasteiger partial charge in [0.1, 0.15) is 5.75 Å². The van der Waals surface area contributed by atoms with Crippen molar-refractivity contribution >= 4 is 17.6 Å². The average Bonchev–Trinajstić information content (AvgIpc) is 2.72. The number of carbonyl (C=O) groups is 2. The third-order valence-corrected chi connectivity index (χ3v) is 4.69. The molecule has 6 nitrogen and oxygen atoms in total. The van der Waals surface area contributed by atoms with E-state index in [9.17, 15) is 18.4 Å². The van der Waals surface area contributed by atoms with Gasteiger partial charge in [-0.15, -0.1) is 0 Å². The van der Waals surface area contributed by atoms with Crippen molar-refractivity contribution in [2.24, 2.45) is 5.92 Å². The van der Waals surface area contributed by atoms with Crippen LogP contribution in [0.25, 0.3) is 0 Å². The molecule has 2 N–H and O–H groups in total. The summed E-state index contributed by atoms with van der Waals surface area (Å²) in [5, 5.41) is 5.65. The lowest BCUT2D eigenvalue weighted by Crippen LogP contribution is -2.47. The molecule has 1 aliphatic heterocycles. The predicted molar refractivity (Wildman–Crippen MR) is 105 cm³/mol. The minimum Gasteiger partial charge on any atom is -0.435 e. The van der Waals surface area contributed by atoms with Crippen molar-refractivity contribution in [2.75, 3.05) is 18.4 Å². The molecule has 1 aliphatic rings. The number of amides is 3. The van der Waals surface area contributed by atoms with Crippen LogP contribution in [0.15, 0.2) is 54.6 Å². The molecular formula is C21H23F2N3O3. The Balaban J connectivity index is 1.51.